The number of carbonyl (C=O) groups excluding carboxylic acids is 1. The second-order valence-corrected chi connectivity index (χ2v) is 6.06. The summed E-state index contributed by atoms with van der Waals surface area (Å²) in [7, 11) is 0. The molecule has 0 bridgehead atoms. The summed E-state index contributed by atoms with van der Waals surface area (Å²) in [6.07, 6.45) is 4.57. The number of hydrogen-bond acceptors (Lipinski definition) is 3. The number of carboxylic acids is 1. The molecule has 5 nitrogen and oxygen atoms in total. The molecule has 130 valence electrons. The van der Waals surface area contributed by atoms with E-state index in [1.54, 1.807) is 0 Å². The first kappa shape index (κ1) is 20.7. The predicted molar refractivity (Wildman–Crippen MR) is 88.0 cm³/mol. The van der Waals surface area contributed by atoms with Crippen molar-refractivity contribution in [3.05, 3.63) is 0 Å². The standard InChI is InChI=1S/C17H33NO4/c1-6-9-10-11-12-18(16(21)22-13-7-2)17(8-3,14(4)5)15(19)20/h14H,6-13H2,1-5H3,(H,19,20). The Bertz CT molecular complexity index is 344. The molecule has 5 heteroatoms. The van der Waals surface area contributed by atoms with Crippen LogP contribution in [-0.4, -0.2) is 40.8 Å². The smallest absolute Gasteiger partial charge is 0.410 e. The van der Waals surface area contributed by atoms with Gasteiger partial charge in [-0.2, -0.15) is 0 Å². The van der Waals surface area contributed by atoms with Crippen LogP contribution in [0.1, 0.15) is 73.1 Å². The average Bonchev–Trinajstić information content (AvgIpc) is 2.47. The highest BCUT2D eigenvalue weighted by Crippen LogP contribution is 2.30. The van der Waals surface area contributed by atoms with Gasteiger partial charge in [0, 0.05) is 6.54 Å². The number of carbonyl (C=O) groups is 2. The van der Waals surface area contributed by atoms with Crippen LogP contribution < -0.4 is 0 Å². The Morgan fingerprint density at radius 1 is 1.09 bits per heavy atom. The molecule has 0 spiro atoms. The number of nitrogens with zero attached hydrogens (tertiary/aromatic N) is 1. The number of carboxylic acid groups (broad SMARTS) is 1. The lowest BCUT2D eigenvalue weighted by Gasteiger charge is -2.42. The lowest BCUT2D eigenvalue weighted by Crippen LogP contribution is -2.60. The lowest BCUT2D eigenvalue weighted by atomic mass is 9.82. The zero-order chi connectivity index (χ0) is 17.2. The van der Waals surface area contributed by atoms with Gasteiger partial charge in [0.15, 0.2) is 0 Å². The molecular weight excluding hydrogens is 282 g/mol. The maximum atomic E-state index is 12.4. The fourth-order valence-electron chi connectivity index (χ4n) is 2.84. The second kappa shape index (κ2) is 10.5. The van der Waals surface area contributed by atoms with Gasteiger partial charge in [0.1, 0.15) is 5.54 Å². The minimum atomic E-state index is -1.20. The normalized spacial score (nSPS) is 13.7. The molecule has 1 amide bonds. The lowest BCUT2D eigenvalue weighted by molar-refractivity contribution is -0.154. The van der Waals surface area contributed by atoms with Crippen LogP contribution in [0.15, 0.2) is 0 Å². The summed E-state index contributed by atoms with van der Waals surface area (Å²) in [5.41, 5.74) is -1.20. The van der Waals surface area contributed by atoms with Crippen molar-refractivity contribution in [1.82, 2.24) is 4.90 Å². The van der Waals surface area contributed by atoms with Crippen LogP contribution in [0.4, 0.5) is 4.79 Å². The molecular formula is C17H33NO4. The highest BCUT2D eigenvalue weighted by Gasteiger charge is 2.48. The van der Waals surface area contributed by atoms with E-state index in [1.165, 1.54) is 4.90 Å². The van der Waals surface area contributed by atoms with Gasteiger partial charge in [-0.3, -0.25) is 4.90 Å². The molecule has 1 atom stereocenters. The molecule has 0 saturated heterocycles. The van der Waals surface area contributed by atoms with E-state index in [-0.39, 0.29) is 5.92 Å². The van der Waals surface area contributed by atoms with Crippen LogP contribution in [0.5, 0.6) is 0 Å². The summed E-state index contributed by atoms with van der Waals surface area (Å²) < 4.78 is 5.24. The van der Waals surface area contributed by atoms with Gasteiger partial charge in [-0.25, -0.2) is 9.59 Å². The van der Waals surface area contributed by atoms with Crippen molar-refractivity contribution in [3.8, 4) is 0 Å². The summed E-state index contributed by atoms with van der Waals surface area (Å²) in [4.78, 5) is 25.8. The number of aliphatic carboxylic acids is 1. The van der Waals surface area contributed by atoms with Crippen LogP contribution in [0.25, 0.3) is 0 Å². The van der Waals surface area contributed by atoms with Crippen molar-refractivity contribution in [3.63, 3.8) is 0 Å². The largest absolute Gasteiger partial charge is 0.479 e. The quantitative estimate of drug-likeness (QED) is 0.577. The first-order valence-electron chi connectivity index (χ1n) is 8.56. The third-order valence-electron chi connectivity index (χ3n) is 4.23. The molecule has 0 saturated carbocycles. The van der Waals surface area contributed by atoms with E-state index in [2.05, 4.69) is 6.92 Å². The van der Waals surface area contributed by atoms with Crippen molar-refractivity contribution in [1.29, 1.82) is 0 Å². The van der Waals surface area contributed by atoms with E-state index in [0.717, 1.165) is 32.1 Å². The van der Waals surface area contributed by atoms with Gasteiger partial charge in [-0.05, 0) is 25.2 Å². The number of hydrogen-bond donors (Lipinski definition) is 1. The van der Waals surface area contributed by atoms with Crippen molar-refractivity contribution in [2.75, 3.05) is 13.2 Å². The molecule has 0 aromatic heterocycles. The van der Waals surface area contributed by atoms with E-state index >= 15 is 0 Å². The maximum absolute atomic E-state index is 12.4. The van der Waals surface area contributed by atoms with Gasteiger partial charge in [0.2, 0.25) is 0 Å². The summed E-state index contributed by atoms with van der Waals surface area (Å²) >= 11 is 0. The van der Waals surface area contributed by atoms with Gasteiger partial charge in [0.05, 0.1) is 6.61 Å². The number of amides is 1. The highest BCUT2D eigenvalue weighted by molar-refractivity contribution is 5.84. The molecule has 0 fully saturated rings. The van der Waals surface area contributed by atoms with Gasteiger partial charge in [0.25, 0.3) is 0 Å². The molecule has 0 aliphatic rings. The first-order valence-corrected chi connectivity index (χ1v) is 8.56. The number of ether oxygens (including phenoxy) is 1. The van der Waals surface area contributed by atoms with Crippen molar-refractivity contribution in [2.45, 2.75) is 78.7 Å². The maximum Gasteiger partial charge on any atom is 0.410 e. The van der Waals surface area contributed by atoms with E-state index in [4.69, 9.17) is 4.74 Å². The fraction of sp³-hybridized carbons (Fsp3) is 0.882. The van der Waals surface area contributed by atoms with Crippen LogP contribution in [0.2, 0.25) is 0 Å². The Hall–Kier alpha value is -1.26. The molecule has 22 heavy (non-hydrogen) atoms. The average molecular weight is 315 g/mol. The van der Waals surface area contributed by atoms with E-state index in [9.17, 15) is 14.7 Å². The summed E-state index contributed by atoms with van der Waals surface area (Å²) in [5.74, 6) is -1.13. The van der Waals surface area contributed by atoms with Gasteiger partial charge >= 0.3 is 12.1 Å². The first-order chi connectivity index (χ1) is 10.4. The Labute approximate surface area is 135 Å². The molecule has 0 aliphatic carbocycles. The van der Waals surface area contributed by atoms with E-state index in [1.807, 2.05) is 27.7 Å². The number of rotatable bonds is 11. The van der Waals surface area contributed by atoms with E-state index < -0.39 is 17.6 Å². The molecule has 0 aliphatic heterocycles. The summed E-state index contributed by atoms with van der Waals surface area (Å²) in [5, 5.41) is 9.79. The van der Waals surface area contributed by atoms with Crippen LogP contribution >= 0.6 is 0 Å². The number of unbranched alkanes of at least 4 members (excludes halogenated alkanes) is 3. The Balaban J connectivity index is 5.29. The zero-order valence-electron chi connectivity index (χ0n) is 14.9. The van der Waals surface area contributed by atoms with Gasteiger partial charge in [-0.15, -0.1) is 0 Å². The molecule has 1 N–H and O–H groups in total. The van der Waals surface area contributed by atoms with Crippen LogP contribution in [0, 0.1) is 5.92 Å². The van der Waals surface area contributed by atoms with Gasteiger partial charge < -0.3 is 9.84 Å². The zero-order valence-corrected chi connectivity index (χ0v) is 14.9. The van der Waals surface area contributed by atoms with Crippen LogP contribution in [-0.2, 0) is 9.53 Å². The monoisotopic (exact) mass is 315 g/mol. The third kappa shape index (κ3) is 5.18. The summed E-state index contributed by atoms with van der Waals surface area (Å²) in [6, 6.07) is 0. The van der Waals surface area contributed by atoms with Gasteiger partial charge in [-0.1, -0.05) is 53.9 Å². The van der Waals surface area contributed by atoms with Crippen molar-refractivity contribution in [2.24, 2.45) is 5.92 Å². The Morgan fingerprint density at radius 3 is 2.14 bits per heavy atom. The van der Waals surface area contributed by atoms with Crippen molar-refractivity contribution >= 4 is 12.1 Å². The van der Waals surface area contributed by atoms with E-state index in [0.29, 0.717) is 19.6 Å². The van der Waals surface area contributed by atoms with Crippen molar-refractivity contribution < 1.29 is 19.4 Å². The molecule has 0 heterocycles. The summed E-state index contributed by atoms with van der Waals surface area (Å²) in [6.45, 7) is 10.3. The predicted octanol–water partition coefficient (Wildman–Crippen LogP) is 4.30. The molecule has 1 unspecified atom stereocenters. The SMILES string of the molecule is CCCCCCN(C(=O)OCCC)C(CC)(C(=O)O)C(C)C. The molecule has 0 radical (unpaired) electrons. The molecule has 0 aromatic rings. The van der Waals surface area contributed by atoms with Crippen LogP contribution in [0.3, 0.4) is 0 Å². The molecule has 0 rings (SSSR count). The third-order valence-corrected chi connectivity index (χ3v) is 4.23. The molecule has 0 aromatic carbocycles. The Morgan fingerprint density at radius 2 is 1.73 bits per heavy atom. The second-order valence-electron chi connectivity index (χ2n) is 6.06. The topological polar surface area (TPSA) is 66.8 Å². The highest BCUT2D eigenvalue weighted by atomic mass is 16.6. The minimum absolute atomic E-state index is 0.185. The fourth-order valence-corrected chi connectivity index (χ4v) is 2.84. The Kier molecular flexibility index (Phi) is 9.86. The minimum Gasteiger partial charge on any atom is -0.479 e.